The normalized spacial score (nSPS) is 11.7. The summed E-state index contributed by atoms with van der Waals surface area (Å²) in [5, 5.41) is 11.2. The smallest absolute Gasteiger partial charge is 0.417 e. The minimum absolute atomic E-state index is 0.00195. The fourth-order valence-corrected chi connectivity index (χ4v) is 3.34. The fraction of sp³-hybridized carbons (Fsp3) is 0.318. The van der Waals surface area contributed by atoms with Crippen molar-refractivity contribution < 1.29 is 27.4 Å². The summed E-state index contributed by atoms with van der Waals surface area (Å²) in [5.41, 5.74) is 3.99. The molecule has 5 N–H and O–H groups in total. The zero-order valence-electron chi connectivity index (χ0n) is 19.1. The van der Waals surface area contributed by atoms with E-state index in [1.54, 1.807) is 20.8 Å². The molecule has 3 aromatic rings. The Balaban J connectivity index is 1.72. The number of ether oxygens (including phenoxy) is 2. The van der Waals surface area contributed by atoms with Gasteiger partial charge in [-0.05, 0) is 50.6 Å². The summed E-state index contributed by atoms with van der Waals surface area (Å²) in [5.74, 6) is 0.418. The maximum absolute atomic E-state index is 13.9. The van der Waals surface area contributed by atoms with Crippen LogP contribution in [0.4, 0.5) is 35.5 Å². The number of hydrogen-bond donors (Lipinski definition) is 4. The lowest BCUT2D eigenvalue weighted by Crippen LogP contribution is -2.34. The van der Waals surface area contributed by atoms with Crippen LogP contribution in [0.1, 0.15) is 26.3 Å². The summed E-state index contributed by atoms with van der Waals surface area (Å²) in [6.45, 7) is 5.57. The first-order valence-electron chi connectivity index (χ1n) is 10.4. The van der Waals surface area contributed by atoms with Crippen molar-refractivity contribution in [1.29, 1.82) is 0 Å². The van der Waals surface area contributed by atoms with Gasteiger partial charge < -0.3 is 25.8 Å². The maximum Gasteiger partial charge on any atom is 0.417 e. The van der Waals surface area contributed by atoms with E-state index >= 15 is 0 Å². The number of nitrogens with one attached hydrogen (secondary N) is 3. The van der Waals surface area contributed by atoms with E-state index in [0.717, 1.165) is 6.07 Å². The number of alkyl carbamates (subject to hydrolysis) is 1. The molecule has 0 bridgehead atoms. The van der Waals surface area contributed by atoms with Crippen LogP contribution in [0.25, 0.3) is 11.1 Å². The zero-order valence-corrected chi connectivity index (χ0v) is 19.8. The largest absolute Gasteiger partial charge is 0.492 e. The van der Waals surface area contributed by atoms with Crippen LogP contribution in [0.2, 0.25) is 5.02 Å². The van der Waals surface area contributed by atoms with Gasteiger partial charge >= 0.3 is 12.3 Å². The van der Waals surface area contributed by atoms with Crippen LogP contribution in [-0.2, 0) is 10.9 Å². The fourth-order valence-electron chi connectivity index (χ4n) is 3.01. The molecule has 1 aromatic heterocycles. The molecule has 3 rings (SSSR count). The van der Waals surface area contributed by atoms with Gasteiger partial charge in [0, 0.05) is 11.3 Å². The molecule has 1 heterocycles. The number of rotatable bonds is 7. The van der Waals surface area contributed by atoms with E-state index in [9.17, 15) is 18.0 Å². The van der Waals surface area contributed by atoms with Gasteiger partial charge in [0.2, 0.25) is 11.9 Å². The van der Waals surface area contributed by atoms with E-state index < -0.39 is 23.4 Å². The van der Waals surface area contributed by atoms with Crippen molar-refractivity contribution >= 4 is 35.3 Å². The third-order valence-electron chi connectivity index (χ3n) is 4.34. The van der Waals surface area contributed by atoms with Crippen LogP contribution in [0, 0.1) is 0 Å². The number of benzene rings is 2. The number of nitrogen functional groups attached to an aromatic ring is 1. The van der Waals surface area contributed by atoms with Gasteiger partial charge in [-0.2, -0.15) is 18.2 Å². The zero-order chi connectivity index (χ0) is 25.8. The van der Waals surface area contributed by atoms with Crippen LogP contribution in [0.5, 0.6) is 5.75 Å². The predicted molar refractivity (Wildman–Crippen MR) is 126 cm³/mol. The van der Waals surface area contributed by atoms with E-state index in [2.05, 4.69) is 25.8 Å². The van der Waals surface area contributed by atoms with Gasteiger partial charge in [-0.3, -0.25) is 0 Å². The van der Waals surface area contributed by atoms with Crippen molar-refractivity contribution in [3.05, 3.63) is 47.0 Å². The van der Waals surface area contributed by atoms with Gasteiger partial charge in [0.05, 0.1) is 17.1 Å². The molecule has 2 aromatic carbocycles. The first-order valence-corrected chi connectivity index (χ1v) is 10.8. The highest BCUT2D eigenvalue weighted by Gasteiger charge is 2.35. The Labute approximate surface area is 204 Å². The number of carbonyl (C=O) groups is 1. The molecule has 0 fully saturated rings. The number of nitrogens with zero attached hydrogens (tertiary/aromatic N) is 2. The molecule has 0 aliphatic rings. The van der Waals surface area contributed by atoms with Crippen molar-refractivity contribution in [1.82, 2.24) is 20.5 Å². The van der Waals surface area contributed by atoms with Gasteiger partial charge in [-0.1, -0.05) is 23.7 Å². The lowest BCUT2D eigenvalue weighted by molar-refractivity contribution is -0.137. The van der Waals surface area contributed by atoms with Crippen molar-refractivity contribution in [2.45, 2.75) is 32.5 Å². The number of aromatic nitrogens is 3. The molecule has 0 atom stereocenters. The highest BCUT2D eigenvalue weighted by molar-refractivity contribution is 6.34. The van der Waals surface area contributed by atoms with Crippen LogP contribution in [0.3, 0.4) is 0 Å². The number of H-pyrrole nitrogens is 1. The third kappa shape index (κ3) is 7.41. The number of nitrogens with two attached hydrogens (primary N) is 1. The summed E-state index contributed by atoms with van der Waals surface area (Å²) in [6.07, 6.45) is -5.26. The Kier molecular flexibility index (Phi) is 7.64. The maximum atomic E-state index is 13.9. The van der Waals surface area contributed by atoms with E-state index in [-0.39, 0.29) is 46.9 Å². The second-order valence-corrected chi connectivity index (χ2v) is 8.76. The molecule has 9 nitrogen and oxygen atoms in total. The second-order valence-electron chi connectivity index (χ2n) is 8.35. The third-order valence-corrected chi connectivity index (χ3v) is 4.63. The van der Waals surface area contributed by atoms with Crippen LogP contribution < -0.4 is 21.1 Å². The number of anilines is 3. The molecule has 1 amide bonds. The Morgan fingerprint density at radius 1 is 1.17 bits per heavy atom. The molecule has 35 heavy (non-hydrogen) atoms. The van der Waals surface area contributed by atoms with Crippen LogP contribution in [0.15, 0.2) is 36.4 Å². The monoisotopic (exact) mass is 512 g/mol. The van der Waals surface area contributed by atoms with E-state index in [1.165, 1.54) is 30.3 Å². The standard InChI is InChI=1S/C22H24ClF3N6O3/c1-21(2,3)35-20(33)28-8-9-34-14-6-4-12(5-7-14)17-15(22(24,25)26)10-13(11-16(17)23)29-19-30-18(27)31-32-19/h4-7,10-11H,8-9H2,1-3H3,(H,28,33)(H4,27,29,30,31,32). The summed E-state index contributed by atoms with van der Waals surface area (Å²) < 4.78 is 52.3. The molecule has 0 unspecified atom stereocenters. The molecule has 188 valence electrons. The van der Waals surface area contributed by atoms with Gasteiger partial charge in [0.1, 0.15) is 18.0 Å². The number of alkyl halides is 3. The number of aromatic amines is 1. The molecular weight excluding hydrogens is 489 g/mol. The van der Waals surface area contributed by atoms with Crippen molar-refractivity contribution in [3.8, 4) is 16.9 Å². The van der Waals surface area contributed by atoms with E-state index in [0.29, 0.717) is 5.75 Å². The molecule has 0 saturated heterocycles. The second kappa shape index (κ2) is 10.3. The first-order chi connectivity index (χ1) is 16.3. The number of halogens is 4. The van der Waals surface area contributed by atoms with Crippen molar-refractivity contribution in [2.24, 2.45) is 0 Å². The van der Waals surface area contributed by atoms with Gasteiger partial charge in [0.25, 0.3) is 0 Å². The summed E-state index contributed by atoms with van der Waals surface area (Å²) in [7, 11) is 0. The summed E-state index contributed by atoms with van der Waals surface area (Å²) >= 11 is 6.27. The topological polar surface area (TPSA) is 127 Å². The van der Waals surface area contributed by atoms with Gasteiger partial charge in [-0.25, -0.2) is 9.89 Å². The molecule has 0 aliphatic heterocycles. The lowest BCUT2D eigenvalue weighted by atomic mass is 9.98. The van der Waals surface area contributed by atoms with Gasteiger partial charge in [-0.15, -0.1) is 5.10 Å². The molecule has 0 saturated carbocycles. The molecule has 0 spiro atoms. The minimum Gasteiger partial charge on any atom is -0.492 e. The number of hydrogen-bond acceptors (Lipinski definition) is 7. The van der Waals surface area contributed by atoms with Gasteiger partial charge in [0.15, 0.2) is 0 Å². The minimum atomic E-state index is -4.68. The first kappa shape index (κ1) is 25.9. The SMILES string of the molecule is CC(C)(C)OC(=O)NCCOc1ccc(-c2c(Cl)cc(Nc3n[nH]c(N)n3)cc2C(F)(F)F)cc1. The Hall–Kier alpha value is -3.67. The van der Waals surface area contributed by atoms with E-state index in [4.69, 9.17) is 26.8 Å². The molecule has 13 heteroatoms. The lowest BCUT2D eigenvalue weighted by Gasteiger charge is -2.19. The molecule has 0 aliphatic carbocycles. The van der Waals surface area contributed by atoms with E-state index in [1.807, 2.05) is 0 Å². The molecular formula is C22H24ClF3N6O3. The highest BCUT2D eigenvalue weighted by Crippen LogP contribution is 2.43. The van der Waals surface area contributed by atoms with Crippen LogP contribution >= 0.6 is 11.6 Å². The van der Waals surface area contributed by atoms with Crippen molar-refractivity contribution in [2.75, 3.05) is 24.2 Å². The van der Waals surface area contributed by atoms with Crippen LogP contribution in [-0.4, -0.2) is 40.0 Å². The Morgan fingerprint density at radius 3 is 2.43 bits per heavy atom. The quantitative estimate of drug-likeness (QED) is 0.313. The highest BCUT2D eigenvalue weighted by atomic mass is 35.5. The summed E-state index contributed by atoms with van der Waals surface area (Å²) in [6, 6.07) is 8.22. The average Bonchev–Trinajstić information content (AvgIpc) is 3.14. The molecule has 0 radical (unpaired) electrons. The Morgan fingerprint density at radius 2 is 1.86 bits per heavy atom. The number of amides is 1. The average molecular weight is 513 g/mol. The summed E-state index contributed by atoms with van der Waals surface area (Å²) in [4.78, 5) is 15.4. The predicted octanol–water partition coefficient (Wildman–Crippen LogP) is 5.37. The van der Waals surface area contributed by atoms with Crippen molar-refractivity contribution in [3.63, 3.8) is 0 Å². The number of carbonyl (C=O) groups excluding carboxylic acids is 1. The Bertz CT molecular complexity index is 1180.